The van der Waals surface area contributed by atoms with Gasteiger partial charge in [-0.25, -0.2) is 4.98 Å². The fraction of sp³-hybridized carbons (Fsp3) is 0.471. The van der Waals surface area contributed by atoms with Crippen molar-refractivity contribution < 1.29 is 0 Å². The zero-order valence-corrected chi connectivity index (χ0v) is 12.9. The van der Waals surface area contributed by atoms with E-state index in [1.54, 1.807) is 4.88 Å². The summed E-state index contributed by atoms with van der Waals surface area (Å²) in [6, 6.07) is 10.7. The Labute approximate surface area is 125 Å². The smallest absolute Gasteiger partial charge is 0.0934 e. The summed E-state index contributed by atoms with van der Waals surface area (Å²) in [5, 5.41) is 4.63. The molecule has 20 heavy (non-hydrogen) atoms. The van der Waals surface area contributed by atoms with E-state index in [2.05, 4.69) is 35.6 Å². The van der Waals surface area contributed by atoms with Gasteiger partial charge in [-0.3, -0.25) is 0 Å². The number of aryl methyl sites for hydroxylation is 3. The van der Waals surface area contributed by atoms with Crippen LogP contribution in [0.1, 0.15) is 39.9 Å². The molecule has 3 heteroatoms. The van der Waals surface area contributed by atoms with E-state index in [9.17, 15) is 0 Å². The molecule has 2 nitrogen and oxygen atoms in total. The summed E-state index contributed by atoms with van der Waals surface area (Å²) < 4.78 is 0. The summed E-state index contributed by atoms with van der Waals surface area (Å²) in [4.78, 5) is 6.49. The van der Waals surface area contributed by atoms with Crippen LogP contribution in [0.25, 0.3) is 0 Å². The number of benzene rings is 1. The van der Waals surface area contributed by atoms with Crippen LogP contribution >= 0.6 is 11.3 Å². The van der Waals surface area contributed by atoms with Crippen molar-refractivity contribution in [3.8, 4) is 0 Å². The van der Waals surface area contributed by atoms with Gasteiger partial charge >= 0.3 is 0 Å². The number of nitrogens with one attached hydrogen (secondary N) is 1. The van der Waals surface area contributed by atoms with Crippen molar-refractivity contribution in [2.24, 2.45) is 0 Å². The molecule has 1 aromatic carbocycles. The lowest BCUT2D eigenvalue weighted by Crippen LogP contribution is -2.21. The molecule has 1 N–H and O–H groups in total. The normalized spacial score (nSPS) is 17.9. The Bertz CT molecular complexity index is 547. The highest BCUT2D eigenvalue weighted by Gasteiger charge is 2.23. The average molecular weight is 286 g/mol. The van der Waals surface area contributed by atoms with Crippen molar-refractivity contribution in [1.29, 1.82) is 0 Å². The maximum absolute atomic E-state index is 4.94. The molecule has 0 spiro atoms. The summed E-state index contributed by atoms with van der Waals surface area (Å²) in [6.45, 7) is 1.06. The standard InChI is InChI=1S/C17H22N2S/c1-18-12-14-8-5-9-15-17(14)19-16(20-15)11-10-13-6-3-2-4-7-13/h2-4,6-7,14,18H,5,8-12H2,1H3. The number of thiazole rings is 1. The van der Waals surface area contributed by atoms with E-state index in [1.165, 1.54) is 35.5 Å². The van der Waals surface area contributed by atoms with Gasteiger partial charge in [0.1, 0.15) is 0 Å². The lowest BCUT2D eigenvalue weighted by molar-refractivity contribution is 0.521. The fourth-order valence-corrected chi connectivity index (χ4v) is 4.20. The van der Waals surface area contributed by atoms with Crippen molar-refractivity contribution in [2.45, 2.75) is 38.0 Å². The predicted octanol–water partition coefficient (Wildman–Crippen LogP) is 3.57. The van der Waals surface area contributed by atoms with Gasteiger partial charge < -0.3 is 5.32 Å². The van der Waals surface area contributed by atoms with Crippen molar-refractivity contribution in [2.75, 3.05) is 13.6 Å². The SMILES string of the molecule is CNCC1CCCc2sc(CCc3ccccc3)nc21. The lowest BCUT2D eigenvalue weighted by Gasteiger charge is -2.20. The first kappa shape index (κ1) is 13.8. The lowest BCUT2D eigenvalue weighted by atomic mass is 9.91. The number of likely N-dealkylation sites (N-methyl/N-ethyl adjacent to an activating group) is 1. The van der Waals surface area contributed by atoms with Crippen LogP contribution in [0, 0.1) is 0 Å². The minimum absolute atomic E-state index is 0.630. The molecule has 1 aromatic heterocycles. The topological polar surface area (TPSA) is 24.9 Å². The third-order valence-corrected chi connectivity index (χ3v) is 5.23. The van der Waals surface area contributed by atoms with Gasteiger partial charge in [-0.2, -0.15) is 0 Å². The molecular formula is C17H22N2S. The molecule has 0 saturated heterocycles. The Morgan fingerprint density at radius 3 is 2.90 bits per heavy atom. The van der Waals surface area contributed by atoms with Crippen LogP contribution in [0.4, 0.5) is 0 Å². The minimum Gasteiger partial charge on any atom is -0.319 e. The summed E-state index contributed by atoms with van der Waals surface area (Å²) in [5.41, 5.74) is 2.80. The Hall–Kier alpha value is -1.19. The van der Waals surface area contributed by atoms with E-state index >= 15 is 0 Å². The highest BCUT2D eigenvalue weighted by molar-refractivity contribution is 7.11. The zero-order chi connectivity index (χ0) is 13.8. The molecular weight excluding hydrogens is 264 g/mol. The van der Waals surface area contributed by atoms with Crippen LogP contribution in [0.15, 0.2) is 30.3 Å². The molecule has 1 heterocycles. The third-order valence-electron chi connectivity index (χ3n) is 4.04. The molecule has 0 bridgehead atoms. The van der Waals surface area contributed by atoms with E-state index in [-0.39, 0.29) is 0 Å². The monoisotopic (exact) mass is 286 g/mol. The summed E-state index contributed by atoms with van der Waals surface area (Å²) in [7, 11) is 2.04. The summed E-state index contributed by atoms with van der Waals surface area (Å²) >= 11 is 1.95. The second-order valence-corrected chi connectivity index (χ2v) is 6.72. The van der Waals surface area contributed by atoms with Crippen molar-refractivity contribution in [3.63, 3.8) is 0 Å². The van der Waals surface area contributed by atoms with Gasteiger partial charge in [0.25, 0.3) is 0 Å². The molecule has 0 saturated carbocycles. The van der Waals surface area contributed by atoms with Gasteiger partial charge in [-0.15, -0.1) is 11.3 Å². The van der Waals surface area contributed by atoms with Gasteiger partial charge in [0.15, 0.2) is 0 Å². The molecule has 0 aliphatic heterocycles. The van der Waals surface area contributed by atoms with Crippen molar-refractivity contribution in [1.82, 2.24) is 10.3 Å². The van der Waals surface area contributed by atoms with Crippen molar-refractivity contribution in [3.05, 3.63) is 51.5 Å². The number of hydrogen-bond acceptors (Lipinski definition) is 3. The van der Waals surface area contributed by atoms with Gasteiger partial charge in [0, 0.05) is 23.8 Å². The second kappa shape index (κ2) is 6.51. The molecule has 1 aliphatic carbocycles. The Morgan fingerprint density at radius 1 is 1.25 bits per heavy atom. The van der Waals surface area contributed by atoms with E-state index in [1.807, 2.05) is 18.4 Å². The van der Waals surface area contributed by atoms with E-state index < -0.39 is 0 Å². The Kier molecular flexibility index (Phi) is 4.48. The number of hydrogen-bond donors (Lipinski definition) is 1. The number of rotatable bonds is 5. The number of aromatic nitrogens is 1. The van der Waals surface area contributed by atoms with Crippen molar-refractivity contribution >= 4 is 11.3 Å². The number of fused-ring (bicyclic) bond motifs is 1. The van der Waals surface area contributed by atoms with Crippen LogP contribution in [0.5, 0.6) is 0 Å². The zero-order valence-electron chi connectivity index (χ0n) is 12.1. The highest BCUT2D eigenvalue weighted by Crippen LogP contribution is 2.34. The fourth-order valence-electron chi connectivity index (χ4n) is 3.01. The molecule has 1 aliphatic rings. The first-order valence-corrected chi connectivity index (χ1v) is 8.35. The maximum atomic E-state index is 4.94. The largest absolute Gasteiger partial charge is 0.319 e. The molecule has 2 aromatic rings. The van der Waals surface area contributed by atoms with Crippen LogP contribution < -0.4 is 5.32 Å². The molecule has 106 valence electrons. The molecule has 0 amide bonds. The molecule has 0 fully saturated rings. The highest BCUT2D eigenvalue weighted by atomic mass is 32.1. The van der Waals surface area contributed by atoms with Gasteiger partial charge in [0.05, 0.1) is 10.7 Å². The minimum atomic E-state index is 0.630. The van der Waals surface area contributed by atoms with E-state index in [0.29, 0.717) is 5.92 Å². The number of nitrogens with zero attached hydrogens (tertiary/aromatic N) is 1. The van der Waals surface area contributed by atoms with Crippen LogP contribution in [-0.2, 0) is 19.3 Å². The first-order valence-electron chi connectivity index (χ1n) is 7.54. The van der Waals surface area contributed by atoms with Crippen LogP contribution in [-0.4, -0.2) is 18.6 Å². The predicted molar refractivity (Wildman–Crippen MR) is 85.6 cm³/mol. The van der Waals surface area contributed by atoms with E-state index in [0.717, 1.165) is 19.4 Å². The van der Waals surface area contributed by atoms with Gasteiger partial charge in [-0.1, -0.05) is 30.3 Å². The average Bonchev–Trinajstić information content (AvgIpc) is 2.91. The third kappa shape index (κ3) is 3.10. The van der Waals surface area contributed by atoms with E-state index in [4.69, 9.17) is 4.98 Å². The maximum Gasteiger partial charge on any atom is 0.0934 e. The molecule has 0 radical (unpaired) electrons. The van der Waals surface area contributed by atoms with Crippen LogP contribution in [0.3, 0.4) is 0 Å². The summed E-state index contributed by atoms with van der Waals surface area (Å²) in [5.74, 6) is 0.630. The first-order chi connectivity index (χ1) is 9.86. The summed E-state index contributed by atoms with van der Waals surface area (Å²) in [6.07, 6.45) is 6.02. The second-order valence-electron chi connectivity index (χ2n) is 5.55. The van der Waals surface area contributed by atoms with Crippen LogP contribution in [0.2, 0.25) is 0 Å². The molecule has 1 unspecified atom stereocenters. The molecule has 3 rings (SSSR count). The Balaban J connectivity index is 1.69. The Morgan fingerprint density at radius 2 is 2.10 bits per heavy atom. The van der Waals surface area contributed by atoms with Gasteiger partial charge in [0.2, 0.25) is 0 Å². The quantitative estimate of drug-likeness (QED) is 0.909. The van der Waals surface area contributed by atoms with Gasteiger partial charge in [-0.05, 0) is 38.3 Å². The molecule has 1 atom stereocenters.